The maximum absolute atomic E-state index is 14.4. The van der Waals surface area contributed by atoms with E-state index in [4.69, 9.17) is 40.1 Å². The van der Waals surface area contributed by atoms with Gasteiger partial charge in [0, 0.05) is 25.9 Å². The zero-order valence-electron chi connectivity index (χ0n) is 45.8. The summed E-state index contributed by atoms with van der Waals surface area (Å²) >= 11 is 0. The van der Waals surface area contributed by atoms with Crippen LogP contribution in [0.5, 0.6) is 0 Å². The highest BCUT2D eigenvalue weighted by molar-refractivity contribution is 5.98. The molecule has 0 aliphatic rings. The average Bonchev–Trinajstić information content (AvgIpc) is 3.36. The van der Waals surface area contributed by atoms with Crippen LogP contribution in [0.3, 0.4) is 0 Å². The van der Waals surface area contributed by atoms with Crippen molar-refractivity contribution in [3.8, 4) is 0 Å². The number of unbranched alkanes of at least 4 members (excludes halogenated alkanes) is 2. The van der Waals surface area contributed by atoms with Gasteiger partial charge in [-0.05, 0) is 110 Å². The Bertz CT molecular complexity index is 2110. The number of hydrogen-bond donors (Lipinski definition) is 20. The molecule has 0 bridgehead atoms. The Morgan fingerprint density at radius 3 is 0.975 bits per heavy atom. The van der Waals surface area contributed by atoms with Gasteiger partial charge in [0.15, 0.2) is 11.9 Å². The molecule has 0 aliphatic carbocycles. The molecule has 33 nitrogen and oxygen atoms in total. The fraction of sp³-hybridized carbons (Fsp3) is 0.723. The van der Waals surface area contributed by atoms with Crippen LogP contribution in [0.25, 0.3) is 0 Å². The average molecular weight is 1150 g/mol. The number of amides is 8. The summed E-state index contributed by atoms with van der Waals surface area (Å²) in [4.78, 5) is 153. The molecule has 27 N–H and O–H groups in total. The van der Waals surface area contributed by atoms with E-state index in [1.54, 1.807) is 0 Å². The second-order valence-corrected chi connectivity index (χ2v) is 19.3. The van der Waals surface area contributed by atoms with Gasteiger partial charge in [-0.2, -0.15) is 0 Å². The van der Waals surface area contributed by atoms with Crippen molar-refractivity contribution in [2.45, 2.75) is 184 Å². The van der Waals surface area contributed by atoms with E-state index in [1.807, 2.05) is 0 Å². The van der Waals surface area contributed by atoms with Crippen LogP contribution in [-0.4, -0.2) is 195 Å². The number of nitrogens with zero attached hydrogens (tertiary/aromatic N) is 2. The molecule has 0 unspecified atom stereocenters. The molecule has 11 atom stereocenters. The highest BCUT2D eigenvalue weighted by Crippen LogP contribution is 2.12. The highest BCUT2D eigenvalue weighted by Gasteiger charge is 2.37. The molecule has 0 aromatic heterocycles. The fourth-order valence-electron chi connectivity index (χ4n) is 7.41. The fourth-order valence-corrected chi connectivity index (χ4v) is 7.41. The molecule has 0 saturated carbocycles. The topological polar surface area (TPSA) is 592 Å². The largest absolute Gasteiger partial charge is 0.481 e. The second kappa shape index (κ2) is 39.0. The Morgan fingerprint density at radius 1 is 0.400 bits per heavy atom. The first-order valence-corrected chi connectivity index (χ1v) is 26.2. The molecule has 456 valence electrons. The zero-order valence-corrected chi connectivity index (χ0v) is 45.8. The van der Waals surface area contributed by atoms with Crippen LogP contribution < -0.4 is 82.7 Å². The van der Waals surface area contributed by atoms with Crippen LogP contribution in [0.2, 0.25) is 0 Å². The van der Waals surface area contributed by atoms with E-state index in [0.29, 0.717) is 12.8 Å². The third-order valence-corrected chi connectivity index (χ3v) is 12.0. The van der Waals surface area contributed by atoms with Crippen molar-refractivity contribution in [2.75, 3.05) is 26.2 Å². The number of aliphatic hydroxyl groups is 2. The van der Waals surface area contributed by atoms with Gasteiger partial charge < -0.3 is 108 Å². The third kappa shape index (κ3) is 30.0. The van der Waals surface area contributed by atoms with Crippen LogP contribution in [0.4, 0.5) is 0 Å². The minimum Gasteiger partial charge on any atom is -0.481 e. The number of nitrogens with two attached hydrogens (primary N) is 7. The number of aliphatic hydroxyl groups excluding tert-OH is 2. The van der Waals surface area contributed by atoms with Crippen molar-refractivity contribution in [3.05, 3.63) is 0 Å². The molecule has 0 radical (unpaired) electrons. The first-order chi connectivity index (χ1) is 37.5. The van der Waals surface area contributed by atoms with Crippen molar-refractivity contribution in [1.82, 2.24) is 42.5 Å². The van der Waals surface area contributed by atoms with Crippen molar-refractivity contribution >= 4 is 77.1 Å². The smallest absolute Gasteiger partial charge is 0.326 e. The molecule has 0 aromatic rings. The zero-order chi connectivity index (χ0) is 61.2. The summed E-state index contributed by atoms with van der Waals surface area (Å²) in [5, 5.41) is 68.1. The van der Waals surface area contributed by atoms with E-state index < -0.39 is 163 Å². The van der Waals surface area contributed by atoms with Gasteiger partial charge in [-0.1, -0.05) is 13.8 Å². The molecule has 0 heterocycles. The molecular weight excluding hydrogens is 1060 g/mol. The standard InChI is InChI=1S/C47H87N17O16/c1-23(2)35(45(79)80)63-44(78)36(25(4)66)64-42(76)31(16-18-33(69)70)61-40(74)29(14-10-22-56-47(53)54)60-39(73)28(13-9-21-55-46(51)52)59-38(72)26(11-5-7-19-48)57-37(71)27(12-6-8-20-49)58-41(75)30(15-17-32(67)68)62-43(77)34(50)24(3)65/h23-31,34-36,65-66H,5-22,48-50H2,1-4H3,(H,57,71)(H,58,75)(H,59,72)(H,60,73)(H,61,74)(H,62,77)(H,63,78)(H,64,76)(H,67,68)(H,69,70)(H,79,80)(H4,51,52,55)(H4,53,54,56)/t24-,25-,26+,27+,28+,29+,30+,31+,34+,35+,36+/m1/s1. The molecule has 0 rings (SSSR count). The van der Waals surface area contributed by atoms with Crippen LogP contribution in [0, 0.1) is 5.92 Å². The molecule has 0 spiro atoms. The van der Waals surface area contributed by atoms with E-state index in [1.165, 1.54) is 20.8 Å². The van der Waals surface area contributed by atoms with Crippen LogP contribution in [0.15, 0.2) is 9.98 Å². The number of carboxylic acids is 3. The Labute approximate surface area is 463 Å². The predicted molar refractivity (Wildman–Crippen MR) is 289 cm³/mol. The van der Waals surface area contributed by atoms with Gasteiger partial charge >= 0.3 is 17.9 Å². The molecule has 0 fully saturated rings. The van der Waals surface area contributed by atoms with Crippen molar-refractivity contribution < 1.29 is 78.3 Å². The van der Waals surface area contributed by atoms with Crippen LogP contribution in [0.1, 0.15) is 118 Å². The van der Waals surface area contributed by atoms with Gasteiger partial charge in [0.25, 0.3) is 0 Å². The number of aliphatic imine (C=N–C) groups is 2. The Balaban J connectivity index is 7.23. The lowest BCUT2D eigenvalue weighted by molar-refractivity contribution is -0.144. The minimum atomic E-state index is -1.81. The summed E-state index contributed by atoms with van der Waals surface area (Å²) < 4.78 is 0. The summed E-state index contributed by atoms with van der Waals surface area (Å²) in [6.07, 6.45) is -4.75. The molecule has 33 heteroatoms. The van der Waals surface area contributed by atoms with Crippen molar-refractivity contribution in [1.29, 1.82) is 0 Å². The lowest BCUT2D eigenvalue weighted by Crippen LogP contribution is -2.61. The van der Waals surface area contributed by atoms with Gasteiger partial charge in [0.2, 0.25) is 47.3 Å². The van der Waals surface area contributed by atoms with Gasteiger partial charge in [-0.25, -0.2) is 4.79 Å². The van der Waals surface area contributed by atoms with Gasteiger partial charge in [0.1, 0.15) is 54.4 Å². The van der Waals surface area contributed by atoms with E-state index in [0.717, 1.165) is 6.92 Å². The van der Waals surface area contributed by atoms with Crippen molar-refractivity contribution in [2.24, 2.45) is 56.0 Å². The van der Waals surface area contributed by atoms with Gasteiger partial charge in [-0.3, -0.25) is 57.9 Å². The lowest BCUT2D eigenvalue weighted by Gasteiger charge is -2.29. The molecule has 0 aromatic carbocycles. The number of guanidine groups is 2. The third-order valence-electron chi connectivity index (χ3n) is 12.0. The Hall–Kier alpha value is -7.49. The second-order valence-electron chi connectivity index (χ2n) is 19.3. The highest BCUT2D eigenvalue weighted by atomic mass is 16.4. The number of carbonyl (C=O) groups excluding carboxylic acids is 8. The number of rotatable bonds is 42. The number of hydrogen-bond acceptors (Lipinski definition) is 18. The molecule has 0 saturated heterocycles. The SMILES string of the molecule is CC(C)[C@H](NC(=O)[C@@H](NC(=O)[C@H](CCC(=O)O)NC(=O)[C@H](CCCN=C(N)N)NC(=O)[C@H](CCCN=C(N)N)NC(=O)[C@H](CCCCN)NC(=O)[C@H](CCCCN)NC(=O)[C@H](CCC(=O)O)NC(=O)[C@@H](N)[C@@H](C)O)[C@@H](C)O)C(=O)O. The van der Waals surface area contributed by atoms with Crippen LogP contribution >= 0.6 is 0 Å². The molecule has 80 heavy (non-hydrogen) atoms. The van der Waals surface area contributed by atoms with Gasteiger partial charge in [0.05, 0.1) is 12.2 Å². The van der Waals surface area contributed by atoms with E-state index >= 15 is 0 Å². The quantitative estimate of drug-likeness (QED) is 0.0153. The first-order valence-electron chi connectivity index (χ1n) is 26.2. The van der Waals surface area contributed by atoms with Crippen LogP contribution in [-0.2, 0) is 52.7 Å². The number of nitrogens with one attached hydrogen (secondary N) is 8. The summed E-state index contributed by atoms with van der Waals surface area (Å²) in [5.41, 5.74) is 39.1. The summed E-state index contributed by atoms with van der Waals surface area (Å²) in [7, 11) is 0. The van der Waals surface area contributed by atoms with E-state index in [-0.39, 0.29) is 89.5 Å². The summed E-state index contributed by atoms with van der Waals surface area (Å²) in [6, 6.07) is -14.1. The lowest BCUT2D eigenvalue weighted by atomic mass is 10.0. The number of carbonyl (C=O) groups is 11. The summed E-state index contributed by atoms with van der Waals surface area (Å²) in [6.45, 7) is 5.53. The van der Waals surface area contributed by atoms with E-state index in [2.05, 4.69) is 52.5 Å². The minimum absolute atomic E-state index is 0.00501. The van der Waals surface area contributed by atoms with E-state index in [9.17, 15) is 78.3 Å². The van der Waals surface area contributed by atoms with Crippen molar-refractivity contribution in [3.63, 3.8) is 0 Å². The monoisotopic (exact) mass is 1150 g/mol. The molecular formula is C47H87N17O16. The normalized spacial score (nSPS) is 15.2. The number of carboxylic acid groups (broad SMARTS) is 3. The van der Waals surface area contributed by atoms with Gasteiger partial charge in [-0.15, -0.1) is 0 Å². The predicted octanol–water partition coefficient (Wildman–Crippen LogP) is -7.21. The first kappa shape index (κ1) is 72.5. The Morgan fingerprint density at radius 2 is 0.700 bits per heavy atom. The summed E-state index contributed by atoms with van der Waals surface area (Å²) in [5.74, 6) is -13.6. The number of aliphatic carboxylic acids is 3. The molecule has 8 amide bonds. The maximum Gasteiger partial charge on any atom is 0.326 e. The maximum atomic E-state index is 14.4. The molecule has 0 aliphatic heterocycles. The Kier molecular flexibility index (Phi) is 35.3.